The zero-order valence-electron chi connectivity index (χ0n) is 9.41. The maximum atomic E-state index is 14.0. The van der Waals surface area contributed by atoms with Gasteiger partial charge in [-0.15, -0.1) is 0 Å². The van der Waals surface area contributed by atoms with E-state index in [1.54, 1.807) is 6.07 Å². The molecule has 0 saturated carbocycles. The Balaban J connectivity index is 2.33. The van der Waals surface area contributed by atoms with Crippen molar-refractivity contribution in [3.63, 3.8) is 0 Å². The monoisotopic (exact) mass is 262 g/mol. The summed E-state index contributed by atoms with van der Waals surface area (Å²) in [5, 5.41) is 0.0459. The smallest absolute Gasteiger partial charge is 0.225 e. The Labute approximate surface area is 107 Å². The second kappa shape index (κ2) is 4.03. The lowest BCUT2D eigenvalue weighted by Gasteiger charge is -2.05. The van der Waals surface area contributed by atoms with Crippen LogP contribution in [0.2, 0.25) is 5.28 Å². The van der Waals surface area contributed by atoms with E-state index in [4.69, 9.17) is 11.6 Å². The molecule has 1 aromatic carbocycles. The molecule has 6 heteroatoms. The Hall–Kier alpha value is -2.01. The summed E-state index contributed by atoms with van der Waals surface area (Å²) in [6.07, 6.45) is 1.48. The Kier molecular flexibility index (Phi) is 2.48. The van der Waals surface area contributed by atoms with E-state index < -0.39 is 0 Å². The van der Waals surface area contributed by atoms with Crippen LogP contribution in [0.5, 0.6) is 0 Å². The number of H-pyrrole nitrogens is 1. The fraction of sp³-hybridized carbons (Fsp3) is 0.0833. The van der Waals surface area contributed by atoms with Crippen molar-refractivity contribution in [3.05, 3.63) is 41.2 Å². The van der Waals surface area contributed by atoms with Crippen molar-refractivity contribution in [1.29, 1.82) is 0 Å². The van der Waals surface area contributed by atoms with Gasteiger partial charge in [0.15, 0.2) is 5.65 Å². The molecular weight excluding hydrogens is 255 g/mol. The third-order valence-corrected chi connectivity index (χ3v) is 2.81. The first-order chi connectivity index (χ1) is 8.65. The van der Waals surface area contributed by atoms with Gasteiger partial charge in [0.1, 0.15) is 17.0 Å². The zero-order valence-corrected chi connectivity index (χ0v) is 10.2. The number of hydrogen-bond donors (Lipinski definition) is 1. The summed E-state index contributed by atoms with van der Waals surface area (Å²) >= 11 is 5.82. The number of nitrogens with zero attached hydrogens (tertiary/aromatic N) is 3. The molecule has 0 unspecified atom stereocenters. The minimum absolute atomic E-state index is 0.0459. The molecule has 0 amide bonds. The normalized spacial score (nSPS) is 11.1. The zero-order chi connectivity index (χ0) is 12.7. The van der Waals surface area contributed by atoms with Crippen LogP contribution in [0.1, 0.15) is 5.56 Å². The maximum Gasteiger partial charge on any atom is 0.225 e. The Bertz CT molecular complexity index is 738. The van der Waals surface area contributed by atoms with Crippen molar-refractivity contribution in [3.8, 4) is 11.3 Å². The minimum atomic E-state index is -0.347. The van der Waals surface area contributed by atoms with E-state index in [0.29, 0.717) is 22.4 Å². The highest BCUT2D eigenvalue weighted by molar-refractivity contribution is 6.28. The molecule has 4 nitrogen and oxygen atoms in total. The van der Waals surface area contributed by atoms with Crippen molar-refractivity contribution in [2.45, 2.75) is 6.92 Å². The molecule has 2 aromatic heterocycles. The van der Waals surface area contributed by atoms with E-state index >= 15 is 0 Å². The number of aromatic amines is 1. The van der Waals surface area contributed by atoms with Crippen LogP contribution in [0.4, 0.5) is 4.39 Å². The highest BCUT2D eigenvalue weighted by atomic mass is 35.5. The van der Waals surface area contributed by atoms with E-state index in [0.717, 1.165) is 5.56 Å². The Morgan fingerprint density at radius 2 is 2.11 bits per heavy atom. The van der Waals surface area contributed by atoms with Gasteiger partial charge in [0.05, 0.1) is 6.33 Å². The summed E-state index contributed by atoms with van der Waals surface area (Å²) in [5.74, 6) is -0.347. The first kappa shape index (κ1) is 11.1. The van der Waals surface area contributed by atoms with Crippen molar-refractivity contribution >= 4 is 22.8 Å². The van der Waals surface area contributed by atoms with Gasteiger partial charge in [0.2, 0.25) is 5.28 Å². The summed E-state index contributed by atoms with van der Waals surface area (Å²) in [7, 11) is 0. The number of halogens is 2. The van der Waals surface area contributed by atoms with E-state index in [2.05, 4.69) is 19.9 Å². The molecule has 0 radical (unpaired) electrons. The van der Waals surface area contributed by atoms with Gasteiger partial charge in [0.25, 0.3) is 0 Å². The summed E-state index contributed by atoms with van der Waals surface area (Å²) < 4.78 is 14.0. The highest BCUT2D eigenvalue weighted by Gasteiger charge is 2.14. The van der Waals surface area contributed by atoms with Crippen molar-refractivity contribution in [2.75, 3.05) is 0 Å². The number of benzene rings is 1. The van der Waals surface area contributed by atoms with Gasteiger partial charge in [-0.2, -0.15) is 4.98 Å². The predicted octanol–water partition coefficient (Wildman–Crippen LogP) is 3.12. The third kappa shape index (κ3) is 1.73. The lowest BCUT2D eigenvalue weighted by molar-refractivity contribution is 0.629. The number of aryl methyl sites for hydroxylation is 1. The largest absolute Gasteiger partial charge is 0.341 e. The number of imidazole rings is 1. The second-order valence-corrected chi connectivity index (χ2v) is 4.26. The van der Waals surface area contributed by atoms with Crippen molar-refractivity contribution < 1.29 is 4.39 Å². The number of hydrogen-bond acceptors (Lipinski definition) is 3. The molecule has 0 saturated heterocycles. The number of rotatable bonds is 1. The first-order valence-corrected chi connectivity index (χ1v) is 5.66. The molecule has 0 fully saturated rings. The van der Waals surface area contributed by atoms with Crippen LogP contribution >= 0.6 is 11.6 Å². The highest BCUT2D eigenvalue weighted by Crippen LogP contribution is 2.27. The lowest BCUT2D eigenvalue weighted by Crippen LogP contribution is -1.93. The minimum Gasteiger partial charge on any atom is -0.341 e. The number of fused-ring (bicyclic) bond motifs is 1. The van der Waals surface area contributed by atoms with Crippen LogP contribution in [0.3, 0.4) is 0 Å². The molecule has 3 aromatic rings. The van der Waals surface area contributed by atoms with Gasteiger partial charge in [-0.3, -0.25) is 0 Å². The molecule has 18 heavy (non-hydrogen) atoms. The van der Waals surface area contributed by atoms with Crippen LogP contribution in [0.25, 0.3) is 22.4 Å². The van der Waals surface area contributed by atoms with Crippen LogP contribution < -0.4 is 0 Å². The summed E-state index contributed by atoms with van der Waals surface area (Å²) in [4.78, 5) is 14.9. The fourth-order valence-corrected chi connectivity index (χ4v) is 1.98. The van der Waals surface area contributed by atoms with E-state index in [9.17, 15) is 4.39 Å². The maximum absolute atomic E-state index is 14.0. The molecule has 1 N–H and O–H groups in total. The predicted molar refractivity (Wildman–Crippen MR) is 66.8 cm³/mol. The van der Waals surface area contributed by atoms with E-state index in [-0.39, 0.29) is 11.1 Å². The first-order valence-electron chi connectivity index (χ1n) is 5.28. The van der Waals surface area contributed by atoms with Gasteiger partial charge < -0.3 is 4.98 Å². The van der Waals surface area contributed by atoms with Gasteiger partial charge >= 0.3 is 0 Å². The van der Waals surface area contributed by atoms with Crippen molar-refractivity contribution in [1.82, 2.24) is 19.9 Å². The van der Waals surface area contributed by atoms with Gasteiger partial charge in [-0.25, -0.2) is 14.4 Å². The van der Waals surface area contributed by atoms with Crippen LogP contribution in [-0.2, 0) is 0 Å². The molecule has 0 aliphatic carbocycles. The molecule has 0 aliphatic heterocycles. The quantitative estimate of drug-likeness (QED) is 0.686. The van der Waals surface area contributed by atoms with Gasteiger partial charge in [-0.05, 0) is 36.2 Å². The summed E-state index contributed by atoms with van der Waals surface area (Å²) in [5.41, 5.74) is 2.63. The molecule has 90 valence electrons. The summed E-state index contributed by atoms with van der Waals surface area (Å²) in [6, 6.07) is 4.94. The molecule has 3 rings (SSSR count). The number of aromatic nitrogens is 4. The molecular formula is C12H8ClFN4. The average molecular weight is 263 g/mol. The number of nitrogens with one attached hydrogen (secondary N) is 1. The molecule has 0 aliphatic rings. The standard InChI is InChI=1S/C12H8ClFN4/c1-6-2-3-7(8(14)4-6)9-10-11(16-5-15-10)18-12(13)17-9/h2-5H,1H3,(H,15,16,17,18). The third-order valence-electron chi connectivity index (χ3n) is 2.64. The van der Waals surface area contributed by atoms with Crippen molar-refractivity contribution in [2.24, 2.45) is 0 Å². The SMILES string of the molecule is Cc1ccc(-c2nc(Cl)nc3nc[nH]c23)c(F)c1. The molecule has 2 heterocycles. The summed E-state index contributed by atoms with van der Waals surface area (Å²) in [6.45, 7) is 1.83. The van der Waals surface area contributed by atoms with E-state index in [1.807, 2.05) is 13.0 Å². The molecule has 0 atom stereocenters. The van der Waals surface area contributed by atoms with E-state index in [1.165, 1.54) is 12.4 Å². The van der Waals surface area contributed by atoms with Crippen LogP contribution in [0, 0.1) is 12.7 Å². The average Bonchev–Trinajstić information content (AvgIpc) is 2.76. The molecule has 0 spiro atoms. The van der Waals surface area contributed by atoms with Crippen LogP contribution in [-0.4, -0.2) is 19.9 Å². The topological polar surface area (TPSA) is 54.5 Å². The molecule has 0 bridgehead atoms. The van der Waals surface area contributed by atoms with Crippen LogP contribution in [0.15, 0.2) is 24.5 Å². The Morgan fingerprint density at radius 1 is 1.28 bits per heavy atom. The lowest BCUT2D eigenvalue weighted by atomic mass is 10.1. The Morgan fingerprint density at radius 3 is 2.89 bits per heavy atom. The van der Waals surface area contributed by atoms with Gasteiger partial charge in [0, 0.05) is 5.56 Å². The van der Waals surface area contributed by atoms with Gasteiger partial charge in [-0.1, -0.05) is 6.07 Å². The second-order valence-electron chi connectivity index (χ2n) is 3.93. The fourth-order valence-electron chi connectivity index (χ4n) is 1.81.